The Hall–Kier alpha value is -2.32. The molecule has 1 aromatic heterocycles. The van der Waals surface area contributed by atoms with Gasteiger partial charge in [0.25, 0.3) is 5.91 Å². The number of benzene rings is 1. The molecule has 1 aromatic carbocycles. The van der Waals surface area contributed by atoms with Gasteiger partial charge in [-0.15, -0.1) is 17.5 Å². The van der Waals surface area contributed by atoms with Gasteiger partial charge in [-0.25, -0.2) is 4.68 Å². The molecule has 0 bridgehead atoms. The van der Waals surface area contributed by atoms with Gasteiger partial charge in [0.1, 0.15) is 11.5 Å². The van der Waals surface area contributed by atoms with Crippen LogP contribution in [0.5, 0.6) is 11.5 Å². The molecule has 1 saturated heterocycles. The van der Waals surface area contributed by atoms with Crippen LogP contribution in [0.4, 0.5) is 5.69 Å². The van der Waals surface area contributed by atoms with Gasteiger partial charge in [-0.2, -0.15) is 0 Å². The van der Waals surface area contributed by atoms with Gasteiger partial charge in [0.15, 0.2) is 5.69 Å². The molecule has 3 rings (SSSR count). The number of nitrogens with one attached hydrogen (secondary N) is 2. The topological polar surface area (TPSA) is 90.3 Å². The number of carbonyl (C=O) groups excluding carboxylic acids is 1. The maximum atomic E-state index is 12.6. The molecule has 2 aromatic rings. The van der Waals surface area contributed by atoms with E-state index in [0.29, 0.717) is 30.4 Å². The Morgan fingerprint density at radius 3 is 2.70 bits per heavy atom. The number of aromatic nitrogens is 3. The molecule has 2 N–H and O–H groups in total. The molecule has 8 nitrogen and oxygen atoms in total. The van der Waals surface area contributed by atoms with Crippen molar-refractivity contribution in [1.82, 2.24) is 20.3 Å². The second-order valence-corrected chi connectivity index (χ2v) is 6.04. The van der Waals surface area contributed by atoms with E-state index in [1.54, 1.807) is 23.0 Å². The van der Waals surface area contributed by atoms with Gasteiger partial charge in [0, 0.05) is 6.07 Å². The average molecular weight is 396 g/mol. The van der Waals surface area contributed by atoms with Crippen LogP contribution in [-0.4, -0.2) is 47.2 Å². The summed E-state index contributed by atoms with van der Waals surface area (Å²) in [6.07, 6.45) is 3.67. The van der Waals surface area contributed by atoms with Crippen LogP contribution in [0, 0.1) is 0 Å². The van der Waals surface area contributed by atoms with Gasteiger partial charge in [-0.3, -0.25) is 4.79 Å². The predicted molar refractivity (Wildman–Crippen MR) is 105 cm³/mol. The first-order valence-corrected chi connectivity index (χ1v) is 9.04. The number of carbonyl (C=O) groups is 1. The quantitative estimate of drug-likeness (QED) is 0.749. The summed E-state index contributed by atoms with van der Waals surface area (Å²) in [5, 5.41) is 14.3. The van der Waals surface area contributed by atoms with Crippen molar-refractivity contribution in [2.45, 2.75) is 32.7 Å². The molecule has 27 heavy (non-hydrogen) atoms. The van der Waals surface area contributed by atoms with E-state index in [9.17, 15) is 4.79 Å². The Bertz CT molecular complexity index is 746. The number of rotatable bonds is 7. The molecule has 148 valence electrons. The summed E-state index contributed by atoms with van der Waals surface area (Å²) in [7, 11) is 0. The van der Waals surface area contributed by atoms with Crippen molar-refractivity contribution in [3.05, 3.63) is 30.1 Å². The number of halogens is 1. The van der Waals surface area contributed by atoms with Crippen molar-refractivity contribution < 1.29 is 14.3 Å². The Morgan fingerprint density at radius 1 is 1.26 bits per heavy atom. The van der Waals surface area contributed by atoms with Gasteiger partial charge < -0.3 is 20.1 Å². The maximum absolute atomic E-state index is 12.6. The number of ether oxygens (including phenoxy) is 2. The highest BCUT2D eigenvalue weighted by Gasteiger charge is 2.19. The number of hydrogen-bond donors (Lipinski definition) is 2. The van der Waals surface area contributed by atoms with E-state index in [2.05, 4.69) is 20.9 Å². The Balaban J connectivity index is 0.00000261. The fraction of sp³-hybridized carbons (Fsp3) is 0.500. The molecule has 0 radical (unpaired) electrons. The van der Waals surface area contributed by atoms with E-state index in [1.165, 1.54) is 0 Å². The van der Waals surface area contributed by atoms with Crippen LogP contribution < -0.4 is 20.1 Å². The summed E-state index contributed by atoms with van der Waals surface area (Å²) in [6.45, 7) is 6.76. The van der Waals surface area contributed by atoms with Crippen molar-refractivity contribution in [2.24, 2.45) is 0 Å². The van der Waals surface area contributed by atoms with Gasteiger partial charge in [0.2, 0.25) is 0 Å². The first-order valence-electron chi connectivity index (χ1n) is 9.04. The molecule has 1 fully saturated rings. The Kier molecular flexibility index (Phi) is 7.87. The van der Waals surface area contributed by atoms with Crippen LogP contribution in [0.15, 0.2) is 24.4 Å². The summed E-state index contributed by atoms with van der Waals surface area (Å²) in [6, 6.07) is 5.64. The second-order valence-electron chi connectivity index (χ2n) is 6.04. The molecule has 1 aliphatic heterocycles. The lowest BCUT2D eigenvalue weighted by Crippen LogP contribution is -2.29. The van der Waals surface area contributed by atoms with Gasteiger partial charge >= 0.3 is 0 Å². The highest BCUT2D eigenvalue weighted by molar-refractivity contribution is 6.03. The van der Waals surface area contributed by atoms with Crippen molar-refractivity contribution in [3.63, 3.8) is 0 Å². The SMILES string of the molecule is CCOc1ccc(OCC)c(NC(=O)c2cn(C3CCNCC3)nn2)c1.Cl. The minimum absolute atomic E-state index is 0. The lowest BCUT2D eigenvalue weighted by atomic mass is 10.1. The molecule has 0 aliphatic carbocycles. The highest BCUT2D eigenvalue weighted by Crippen LogP contribution is 2.30. The molecule has 1 aliphatic rings. The average Bonchev–Trinajstić information content (AvgIpc) is 3.15. The van der Waals surface area contributed by atoms with Crippen LogP contribution in [0.2, 0.25) is 0 Å². The number of hydrogen-bond acceptors (Lipinski definition) is 6. The summed E-state index contributed by atoms with van der Waals surface area (Å²) < 4.78 is 12.9. The third-order valence-corrected chi connectivity index (χ3v) is 4.24. The van der Waals surface area contributed by atoms with Crippen LogP contribution in [0.1, 0.15) is 43.2 Å². The molecular weight excluding hydrogens is 370 g/mol. The van der Waals surface area contributed by atoms with E-state index < -0.39 is 0 Å². The molecule has 0 unspecified atom stereocenters. The second kappa shape index (κ2) is 10.1. The fourth-order valence-corrected chi connectivity index (χ4v) is 2.96. The number of anilines is 1. The minimum Gasteiger partial charge on any atom is -0.494 e. The Labute approximate surface area is 165 Å². The summed E-state index contributed by atoms with van der Waals surface area (Å²) in [4.78, 5) is 12.6. The van der Waals surface area contributed by atoms with Crippen molar-refractivity contribution in [2.75, 3.05) is 31.6 Å². The summed E-state index contributed by atoms with van der Waals surface area (Å²) in [5.41, 5.74) is 0.840. The van der Waals surface area contributed by atoms with Crippen molar-refractivity contribution in [1.29, 1.82) is 0 Å². The van der Waals surface area contributed by atoms with Crippen LogP contribution >= 0.6 is 12.4 Å². The van der Waals surface area contributed by atoms with E-state index in [-0.39, 0.29) is 30.0 Å². The molecule has 0 spiro atoms. The number of nitrogens with zero attached hydrogens (tertiary/aromatic N) is 3. The molecule has 2 heterocycles. The van der Waals surface area contributed by atoms with E-state index >= 15 is 0 Å². The van der Waals surface area contributed by atoms with Gasteiger partial charge in [0.05, 0.1) is 31.1 Å². The molecule has 0 saturated carbocycles. The zero-order valence-corrected chi connectivity index (χ0v) is 16.4. The van der Waals surface area contributed by atoms with Gasteiger partial charge in [-0.1, -0.05) is 5.21 Å². The van der Waals surface area contributed by atoms with Crippen LogP contribution in [0.25, 0.3) is 0 Å². The standard InChI is InChI=1S/C18H25N5O3.ClH/c1-3-25-14-5-6-17(26-4-2)15(11-14)20-18(24)16-12-23(22-21-16)13-7-9-19-10-8-13;/h5-6,11-13,19H,3-4,7-10H2,1-2H3,(H,20,24);1H. The van der Waals surface area contributed by atoms with E-state index in [1.807, 2.05) is 19.9 Å². The van der Waals surface area contributed by atoms with Crippen LogP contribution in [0.3, 0.4) is 0 Å². The van der Waals surface area contributed by atoms with E-state index in [0.717, 1.165) is 25.9 Å². The first kappa shape index (κ1) is 21.0. The summed E-state index contributed by atoms with van der Waals surface area (Å²) >= 11 is 0. The van der Waals surface area contributed by atoms with Crippen molar-refractivity contribution in [3.8, 4) is 11.5 Å². The minimum atomic E-state index is -0.320. The lowest BCUT2D eigenvalue weighted by molar-refractivity contribution is 0.102. The predicted octanol–water partition coefficient (Wildman–Crippen LogP) is 2.67. The zero-order chi connectivity index (χ0) is 18.4. The third kappa shape index (κ3) is 5.33. The smallest absolute Gasteiger partial charge is 0.277 e. The van der Waals surface area contributed by atoms with Gasteiger partial charge in [-0.05, 0) is 51.9 Å². The first-order chi connectivity index (χ1) is 12.7. The van der Waals surface area contributed by atoms with E-state index in [4.69, 9.17) is 9.47 Å². The normalized spacial score (nSPS) is 14.3. The number of piperidine rings is 1. The molecule has 9 heteroatoms. The molecule has 1 amide bonds. The maximum Gasteiger partial charge on any atom is 0.277 e. The van der Waals surface area contributed by atoms with Crippen LogP contribution in [-0.2, 0) is 0 Å². The zero-order valence-electron chi connectivity index (χ0n) is 15.6. The molecule has 0 atom stereocenters. The summed E-state index contributed by atoms with van der Waals surface area (Å²) in [5.74, 6) is 0.944. The Morgan fingerprint density at radius 2 is 2.00 bits per heavy atom. The highest BCUT2D eigenvalue weighted by atomic mass is 35.5. The lowest BCUT2D eigenvalue weighted by Gasteiger charge is -2.22. The largest absolute Gasteiger partial charge is 0.494 e. The van der Waals surface area contributed by atoms with Crippen molar-refractivity contribution >= 4 is 24.0 Å². The molecular formula is C18H26ClN5O3. The monoisotopic (exact) mass is 395 g/mol. The number of amides is 1. The third-order valence-electron chi connectivity index (χ3n) is 4.24. The fourth-order valence-electron chi connectivity index (χ4n) is 2.96.